The lowest BCUT2D eigenvalue weighted by Crippen LogP contribution is -2.30. The Bertz CT molecular complexity index is 1060. The van der Waals surface area contributed by atoms with Crippen molar-refractivity contribution in [2.24, 2.45) is 0 Å². The van der Waals surface area contributed by atoms with Crippen molar-refractivity contribution in [2.45, 2.75) is 25.3 Å². The van der Waals surface area contributed by atoms with Crippen molar-refractivity contribution < 1.29 is 18.7 Å². The molecule has 1 aliphatic carbocycles. The number of nitrogens with one attached hydrogen (secondary N) is 3. The Morgan fingerprint density at radius 3 is 2.71 bits per heavy atom. The maximum atomic E-state index is 12.2. The van der Waals surface area contributed by atoms with E-state index in [0.29, 0.717) is 30.1 Å². The predicted octanol–water partition coefficient (Wildman–Crippen LogP) is 3.61. The number of urea groups is 1. The summed E-state index contributed by atoms with van der Waals surface area (Å²) in [5.74, 6) is 1.16. The number of benzene rings is 2. The summed E-state index contributed by atoms with van der Waals surface area (Å²) in [6.45, 7) is 0.391. The number of anilines is 1. The van der Waals surface area contributed by atoms with Crippen LogP contribution < -0.4 is 20.7 Å². The van der Waals surface area contributed by atoms with Crippen LogP contribution in [0.2, 0.25) is 0 Å². The lowest BCUT2D eigenvalue weighted by Gasteiger charge is -2.09. The monoisotopic (exact) mass is 420 g/mol. The predicted molar refractivity (Wildman–Crippen MR) is 116 cm³/mol. The molecule has 1 aliphatic rings. The van der Waals surface area contributed by atoms with Gasteiger partial charge < -0.3 is 25.1 Å². The second-order valence-corrected chi connectivity index (χ2v) is 7.33. The number of rotatable bonds is 8. The summed E-state index contributed by atoms with van der Waals surface area (Å²) in [5, 5.41) is 8.47. The number of methoxy groups -OCH3 is 1. The van der Waals surface area contributed by atoms with Crippen molar-refractivity contribution in [3.63, 3.8) is 0 Å². The smallest absolute Gasteiger partial charge is 0.319 e. The summed E-state index contributed by atoms with van der Waals surface area (Å²) in [5.41, 5.74) is 2.68. The van der Waals surface area contributed by atoms with Gasteiger partial charge in [0.2, 0.25) is 5.89 Å². The zero-order chi connectivity index (χ0) is 21.6. The number of oxazole rings is 1. The molecule has 1 saturated carbocycles. The van der Waals surface area contributed by atoms with Crippen LogP contribution in [0.15, 0.2) is 59.2 Å². The van der Waals surface area contributed by atoms with E-state index in [2.05, 4.69) is 20.9 Å². The summed E-state index contributed by atoms with van der Waals surface area (Å²) in [7, 11) is 1.62. The van der Waals surface area contributed by atoms with Crippen LogP contribution >= 0.6 is 0 Å². The van der Waals surface area contributed by atoms with Crippen LogP contribution in [0.3, 0.4) is 0 Å². The SMILES string of the molecule is COc1ccc(-c2nc(CCNC(=O)Nc3cccc(C(=O)NC4CC4)c3)co2)cc1. The average molecular weight is 420 g/mol. The zero-order valence-electron chi connectivity index (χ0n) is 17.2. The Morgan fingerprint density at radius 2 is 1.97 bits per heavy atom. The Hall–Kier alpha value is -3.81. The minimum absolute atomic E-state index is 0.120. The minimum atomic E-state index is -0.348. The van der Waals surface area contributed by atoms with Crippen LogP contribution in [0.4, 0.5) is 10.5 Å². The second kappa shape index (κ2) is 9.34. The van der Waals surface area contributed by atoms with Crippen molar-refractivity contribution in [1.29, 1.82) is 0 Å². The van der Waals surface area contributed by atoms with Gasteiger partial charge in [0, 0.05) is 35.8 Å². The molecule has 0 spiro atoms. The van der Waals surface area contributed by atoms with E-state index in [-0.39, 0.29) is 18.0 Å². The molecular weight excluding hydrogens is 396 g/mol. The maximum Gasteiger partial charge on any atom is 0.319 e. The summed E-state index contributed by atoms with van der Waals surface area (Å²) in [4.78, 5) is 28.8. The van der Waals surface area contributed by atoms with Gasteiger partial charge in [-0.05, 0) is 55.3 Å². The number of hydrogen-bond acceptors (Lipinski definition) is 5. The third kappa shape index (κ3) is 5.63. The van der Waals surface area contributed by atoms with Crippen LogP contribution in [0.5, 0.6) is 5.75 Å². The summed E-state index contributed by atoms with van der Waals surface area (Å²) < 4.78 is 10.7. The molecular formula is C23H24N4O4. The van der Waals surface area contributed by atoms with Crippen LogP contribution in [0.25, 0.3) is 11.5 Å². The van der Waals surface area contributed by atoms with E-state index < -0.39 is 0 Å². The minimum Gasteiger partial charge on any atom is -0.497 e. The fraction of sp³-hybridized carbons (Fsp3) is 0.261. The third-order valence-electron chi connectivity index (χ3n) is 4.85. The molecule has 3 aromatic rings. The van der Waals surface area contributed by atoms with Crippen molar-refractivity contribution in [2.75, 3.05) is 19.0 Å². The van der Waals surface area contributed by atoms with Gasteiger partial charge in [0.1, 0.15) is 12.0 Å². The zero-order valence-corrected chi connectivity index (χ0v) is 17.2. The van der Waals surface area contributed by atoms with Crippen LogP contribution in [-0.2, 0) is 6.42 Å². The molecule has 1 aromatic heterocycles. The van der Waals surface area contributed by atoms with Gasteiger partial charge >= 0.3 is 6.03 Å². The van der Waals surface area contributed by atoms with Crippen LogP contribution in [0.1, 0.15) is 28.9 Å². The van der Waals surface area contributed by atoms with Crippen LogP contribution in [0, 0.1) is 0 Å². The Kier molecular flexibility index (Phi) is 6.16. The molecule has 0 radical (unpaired) electrons. The fourth-order valence-corrected chi connectivity index (χ4v) is 3.00. The van der Waals surface area contributed by atoms with E-state index >= 15 is 0 Å². The van der Waals surface area contributed by atoms with E-state index in [1.165, 1.54) is 0 Å². The summed E-state index contributed by atoms with van der Waals surface area (Å²) >= 11 is 0. The molecule has 8 nitrogen and oxygen atoms in total. The topological polar surface area (TPSA) is 105 Å². The molecule has 2 aromatic carbocycles. The van der Waals surface area contributed by atoms with E-state index in [0.717, 1.165) is 29.8 Å². The van der Waals surface area contributed by atoms with Gasteiger partial charge in [0.05, 0.1) is 12.8 Å². The van der Waals surface area contributed by atoms with Crippen LogP contribution in [-0.4, -0.2) is 36.6 Å². The van der Waals surface area contributed by atoms with E-state index in [1.807, 2.05) is 24.3 Å². The molecule has 3 N–H and O–H groups in total. The Balaban J connectivity index is 1.25. The average Bonchev–Trinajstić information content (AvgIpc) is 3.48. The first kappa shape index (κ1) is 20.5. The first-order chi connectivity index (χ1) is 15.1. The number of aromatic nitrogens is 1. The first-order valence-corrected chi connectivity index (χ1v) is 10.2. The Labute approximate surface area is 180 Å². The number of amides is 3. The molecule has 160 valence electrons. The number of carbonyl (C=O) groups is 2. The van der Waals surface area contributed by atoms with Crippen molar-refractivity contribution in [3.8, 4) is 17.2 Å². The molecule has 0 unspecified atom stereocenters. The summed E-state index contributed by atoms with van der Waals surface area (Å²) in [6, 6.07) is 14.2. The number of ether oxygens (including phenoxy) is 1. The van der Waals surface area contributed by atoms with Gasteiger partial charge in [-0.25, -0.2) is 9.78 Å². The lowest BCUT2D eigenvalue weighted by molar-refractivity contribution is 0.0951. The number of hydrogen-bond donors (Lipinski definition) is 3. The highest BCUT2D eigenvalue weighted by atomic mass is 16.5. The molecule has 1 fully saturated rings. The van der Waals surface area contributed by atoms with Crippen molar-refractivity contribution >= 4 is 17.6 Å². The molecule has 0 bridgehead atoms. The molecule has 1 heterocycles. The maximum absolute atomic E-state index is 12.2. The van der Waals surface area contributed by atoms with Gasteiger partial charge in [-0.15, -0.1) is 0 Å². The molecule has 0 atom stereocenters. The van der Waals surface area contributed by atoms with Crippen molar-refractivity contribution in [1.82, 2.24) is 15.6 Å². The van der Waals surface area contributed by atoms with Gasteiger partial charge in [0.25, 0.3) is 5.91 Å². The Morgan fingerprint density at radius 1 is 1.16 bits per heavy atom. The van der Waals surface area contributed by atoms with Gasteiger partial charge in [-0.2, -0.15) is 0 Å². The van der Waals surface area contributed by atoms with E-state index in [4.69, 9.17) is 9.15 Å². The van der Waals surface area contributed by atoms with Gasteiger partial charge in [-0.1, -0.05) is 6.07 Å². The highest BCUT2D eigenvalue weighted by Crippen LogP contribution is 2.22. The summed E-state index contributed by atoms with van der Waals surface area (Å²) in [6.07, 6.45) is 4.16. The number of nitrogens with zero attached hydrogens (tertiary/aromatic N) is 1. The van der Waals surface area contributed by atoms with E-state index in [9.17, 15) is 9.59 Å². The third-order valence-corrected chi connectivity index (χ3v) is 4.85. The molecule has 3 amide bonds. The molecule has 4 rings (SSSR count). The normalized spacial score (nSPS) is 12.8. The van der Waals surface area contributed by atoms with E-state index in [1.54, 1.807) is 37.6 Å². The fourth-order valence-electron chi connectivity index (χ4n) is 3.00. The van der Waals surface area contributed by atoms with Gasteiger partial charge in [0.15, 0.2) is 0 Å². The standard InChI is InChI=1S/C23H24N4O4/c1-30-20-9-5-15(6-10-20)22-26-19(14-31-22)11-12-24-23(29)27-18-4-2-3-16(13-18)21(28)25-17-7-8-17/h2-6,9-10,13-14,17H,7-8,11-12H2,1H3,(H,25,28)(H2,24,27,29). The van der Waals surface area contributed by atoms with Gasteiger partial charge in [-0.3, -0.25) is 4.79 Å². The molecule has 8 heteroatoms. The largest absolute Gasteiger partial charge is 0.497 e. The molecule has 0 aliphatic heterocycles. The second-order valence-electron chi connectivity index (χ2n) is 7.33. The molecule has 0 saturated heterocycles. The highest BCUT2D eigenvalue weighted by Gasteiger charge is 2.23. The quantitative estimate of drug-likeness (QED) is 0.516. The lowest BCUT2D eigenvalue weighted by atomic mass is 10.2. The first-order valence-electron chi connectivity index (χ1n) is 10.2. The van der Waals surface area contributed by atoms with Crippen molar-refractivity contribution in [3.05, 3.63) is 66.1 Å². The molecule has 31 heavy (non-hydrogen) atoms. The highest BCUT2D eigenvalue weighted by molar-refractivity contribution is 5.97. The number of carbonyl (C=O) groups excluding carboxylic acids is 2.